The molecule has 0 saturated carbocycles. The Balaban J connectivity index is 1.88. The highest BCUT2D eigenvalue weighted by Crippen LogP contribution is 2.38. The Labute approximate surface area is 196 Å². The third-order valence-electron chi connectivity index (χ3n) is 5.24. The molecule has 33 heavy (non-hydrogen) atoms. The van der Waals surface area contributed by atoms with Gasteiger partial charge in [-0.2, -0.15) is 0 Å². The monoisotopic (exact) mass is 460 g/mol. The van der Waals surface area contributed by atoms with Crippen molar-refractivity contribution in [3.63, 3.8) is 0 Å². The fourth-order valence-electron chi connectivity index (χ4n) is 3.61. The van der Waals surface area contributed by atoms with E-state index in [1.54, 1.807) is 43.7 Å². The predicted octanol–water partition coefficient (Wildman–Crippen LogP) is 5.30. The van der Waals surface area contributed by atoms with Crippen LogP contribution in [0.1, 0.15) is 11.4 Å². The average Bonchev–Trinajstić information content (AvgIpc) is 2.87. The maximum absolute atomic E-state index is 13.4. The van der Waals surface area contributed by atoms with Crippen molar-refractivity contribution in [2.45, 2.75) is 4.90 Å². The lowest BCUT2D eigenvalue weighted by Gasteiger charge is -2.13. The number of hydrogen-bond donors (Lipinski definition) is 0. The summed E-state index contributed by atoms with van der Waals surface area (Å²) >= 11 is 1.65. The van der Waals surface area contributed by atoms with Crippen molar-refractivity contribution in [3.8, 4) is 22.9 Å². The van der Waals surface area contributed by atoms with Gasteiger partial charge >= 0.3 is 0 Å². The van der Waals surface area contributed by atoms with Gasteiger partial charge in [0.2, 0.25) is 5.75 Å². The Morgan fingerprint density at radius 1 is 0.879 bits per heavy atom. The van der Waals surface area contributed by atoms with Gasteiger partial charge in [-0.3, -0.25) is 9.36 Å². The summed E-state index contributed by atoms with van der Waals surface area (Å²) in [4.78, 5) is 19.3. The number of thioether (sulfide) groups is 1. The number of methoxy groups -OCH3 is 3. The van der Waals surface area contributed by atoms with Crippen LogP contribution in [0.4, 0.5) is 0 Å². The minimum Gasteiger partial charge on any atom is -0.493 e. The highest BCUT2D eigenvalue weighted by molar-refractivity contribution is 7.98. The quantitative estimate of drug-likeness (QED) is 0.349. The van der Waals surface area contributed by atoms with Gasteiger partial charge in [-0.25, -0.2) is 4.98 Å². The highest BCUT2D eigenvalue weighted by atomic mass is 32.2. The smallest absolute Gasteiger partial charge is 0.266 e. The van der Waals surface area contributed by atoms with Crippen molar-refractivity contribution in [1.82, 2.24) is 9.55 Å². The Morgan fingerprint density at radius 3 is 2.15 bits per heavy atom. The number of hydrogen-bond acceptors (Lipinski definition) is 6. The molecule has 6 nitrogen and oxygen atoms in total. The second-order valence-corrected chi connectivity index (χ2v) is 8.00. The lowest BCUT2D eigenvalue weighted by Crippen LogP contribution is -2.22. The Bertz CT molecular complexity index is 1350. The van der Waals surface area contributed by atoms with Gasteiger partial charge in [0.25, 0.3) is 5.56 Å². The van der Waals surface area contributed by atoms with Gasteiger partial charge in [0.15, 0.2) is 11.5 Å². The van der Waals surface area contributed by atoms with Crippen LogP contribution in [0, 0.1) is 0 Å². The zero-order chi connectivity index (χ0) is 23.4. The lowest BCUT2D eigenvalue weighted by atomic mass is 10.1. The zero-order valence-corrected chi connectivity index (χ0v) is 19.7. The predicted molar refractivity (Wildman–Crippen MR) is 134 cm³/mol. The largest absolute Gasteiger partial charge is 0.493 e. The SMILES string of the molecule is COc1cc(/C=C/c2nc3ccccc3c(=O)n2-c2ccc(SC)cc2)cc(OC)c1OC. The molecule has 0 spiro atoms. The fourth-order valence-corrected chi connectivity index (χ4v) is 4.02. The number of para-hydroxylation sites is 1. The van der Waals surface area contributed by atoms with Crippen molar-refractivity contribution in [3.05, 3.63) is 82.4 Å². The summed E-state index contributed by atoms with van der Waals surface area (Å²) < 4.78 is 17.9. The van der Waals surface area contributed by atoms with Gasteiger partial charge in [0.05, 0.1) is 37.9 Å². The number of ether oxygens (including phenoxy) is 3. The fraction of sp³-hybridized carbons (Fsp3) is 0.154. The molecule has 1 heterocycles. The summed E-state index contributed by atoms with van der Waals surface area (Å²) in [7, 11) is 4.72. The standard InChI is InChI=1S/C26H24N2O4S/c1-30-22-15-17(16-23(31-2)25(22)32-3)9-14-24-27-21-8-6-5-7-20(21)26(29)28(24)18-10-12-19(33-4)13-11-18/h5-16H,1-4H3/b14-9+. The van der Waals surface area contributed by atoms with E-state index < -0.39 is 0 Å². The van der Waals surface area contributed by atoms with E-state index in [1.807, 2.05) is 73.0 Å². The molecule has 4 aromatic rings. The molecule has 0 aliphatic rings. The van der Waals surface area contributed by atoms with E-state index >= 15 is 0 Å². The van der Waals surface area contributed by atoms with E-state index in [9.17, 15) is 4.79 Å². The van der Waals surface area contributed by atoms with Crippen LogP contribution in [0.15, 0.2) is 70.4 Å². The molecule has 0 saturated heterocycles. The summed E-state index contributed by atoms with van der Waals surface area (Å²) in [6.45, 7) is 0. The van der Waals surface area contributed by atoms with Crippen LogP contribution in [0.3, 0.4) is 0 Å². The summed E-state index contributed by atoms with van der Waals surface area (Å²) in [6.07, 6.45) is 5.70. The summed E-state index contributed by atoms with van der Waals surface area (Å²) in [5.41, 5.74) is 2.09. The molecular weight excluding hydrogens is 436 g/mol. The molecule has 168 valence electrons. The number of rotatable bonds is 7. The molecule has 7 heteroatoms. The van der Waals surface area contributed by atoms with Gasteiger partial charge in [0.1, 0.15) is 5.82 Å². The molecule has 1 aromatic heterocycles. The summed E-state index contributed by atoms with van der Waals surface area (Å²) in [5.74, 6) is 2.14. The van der Waals surface area contributed by atoms with Crippen molar-refractivity contribution < 1.29 is 14.2 Å². The first-order chi connectivity index (χ1) is 16.1. The van der Waals surface area contributed by atoms with E-state index in [0.29, 0.717) is 34.0 Å². The van der Waals surface area contributed by atoms with E-state index in [4.69, 9.17) is 19.2 Å². The second kappa shape index (κ2) is 9.83. The topological polar surface area (TPSA) is 62.6 Å². The molecule has 0 bridgehead atoms. The minimum absolute atomic E-state index is 0.123. The zero-order valence-electron chi connectivity index (χ0n) is 18.9. The molecule has 0 N–H and O–H groups in total. The van der Waals surface area contributed by atoms with Gasteiger partial charge in [-0.1, -0.05) is 18.2 Å². The molecule has 0 aliphatic heterocycles. The molecule has 4 rings (SSSR count). The first-order valence-electron chi connectivity index (χ1n) is 10.2. The first kappa shape index (κ1) is 22.5. The lowest BCUT2D eigenvalue weighted by molar-refractivity contribution is 0.324. The number of aromatic nitrogens is 2. The molecule has 0 fully saturated rings. The van der Waals surface area contributed by atoms with Crippen molar-refractivity contribution in [2.75, 3.05) is 27.6 Å². The van der Waals surface area contributed by atoms with Gasteiger partial charge in [-0.15, -0.1) is 11.8 Å². The second-order valence-electron chi connectivity index (χ2n) is 7.12. The number of fused-ring (bicyclic) bond motifs is 1. The van der Waals surface area contributed by atoms with Gasteiger partial charge < -0.3 is 14.2 Å². The Hall–Kier alpha value is -3.71. The molecule has 0 aliphatic carbocycles. The number of nitrogens with zero attached hydrogens (tertiary/aromatic N) is 2. The van der Waals surface area contributed by atoms with Gasteiger partial charge in [0, 0.05) is 4.90 Å². The van der Waals surface area contributed by atoms with Crippen molar-refractivity contribution in [2.24, 2.45) is 0 Å². The maximum atomic E-state index is 13.4. The van der Waals surface area contributed by atoms with E-state index in [2.05, 4.69) is 0 Å². The van der Waals surface area contributed by atoms with Crippen LogP contribution in [0.5, 0.6) is 17.2 Å². The van der Waals surface area contributed by atoms with E-state index in [-0.39, 0.29) is 5.56 Å². The maximum Gasteiger partial charge on any atom is 0.266 e. The van der Waals surface area contributed by atoms with Crippen LogP contribution in [-0.2, 0) is 0 Å². The molecule has 0 amide bonds. The third kappa shape index (κ3) is 4.45. The minimum atomic E-state index is -0.123. The third-order valence-corrected chi connectivity index (χ3v) is 5.99. The van der Waals surface area contributed by atoms with Crippen molar-refractivity contribution in [1.29, 1.82) is 0 Å². The van der Waals surface area contributed by atoms with E-state index in [1.165, 1.54) is 0 Å². The van der Waals surface area contributed by atoms with Crippen LogP contribution in [-0.4, -0.2) is 37.1 Å². The number of benzene rings is 3. The van der Waals surface area contributed by atoms with Gasteiger partial charge in [-0.05, 0) is 66.4 Å². The normalized spacial score (nSPS) is 11.2. The van der Waals surface area contributed by atoms with E-state index in [0.717, 1.165) is 16.1 Å². The highest BCUT2D eigenvalue weighted by Gasteiger charge is 2.14. The van der Waals surface area contributed by atoms with Crippen LogP contribution in [0.2, 0.25) is 0 Å². The molecule has 3 aromatic carbocycles. The summed E-state index contributed by atoms with van der Waals surface area (Å²) in [5, 5.41) is 0.566. The Kier molecular flexibility index (Phi) is 6.70. The Morgan fingerprint density at radius 2 is 1.55 bits per heavy atom. The van der Waals surface area contributed by atoms with Crippen LogP contribution in [0.25, 0.3) is 28.7 Å². The molecule has 0 unspecified atom stereocenters. The van der Waals surface area contributed by atoms with Crippen LogP contribution < -0.4 is 19.8 Å². The summed E-state index contributed by atoms with van der Waals surface area (Å²) in [6, 6.07) is 18.9. The molecule has 0 atom stereocenters. The average molecular weight is 461 g/mol. The van der Waals surface area contributed by atoms with Crippen LogP contribution >= 0.6 is 11.8 Å². The molecule has 0 radical (unpaired) electrons. The van der Waals surface area contributed by atoms with Crippen molar-refractivity contribution >= 4 is 34.8 Å². The molecular formula is C26H24N2O4S. The first-order valence-corrected chi connectivity index (χ1v) is 11.5.